The van der Waals surface area contributed by atoms with E-state index in [4.69, 9.17) is 5.73 Å². The van der Waals surface area contributed by atoms with Crippen molar-refractivity contribution in [2.45, 2.75) is 45.1 Å². The van der Waals surface area contributed by atoms with Gasteiger partial charge < -0.3 is 5.73 Å². The van der Waals surface area contributed by atoms with Gasteiger partial charge in [-0.1, -0.05) is 31.5 Å². The maximum atomic E-state index is 13.2. The van der Waals surface area contributed by atoms with Gasteiger partial charge in [-0.05, 0) is 37.3 Å². The van der Waals surface area contributed by atoms with Gasteiger partial charge in [-0.15, -0.1) is 0 Å². The van der Waals surface area contributed by atoms with E-state index in [1.54, 1.807) is 6.07 Å². The van der Waals surface area contributed by atoms with Crippen molar-refractivity contribution < 1.29 is 4.39 Å². The Hall–Kier alpha value is -0.890. The summed E-state index contributed by atoms with van der Waals surface area (Å²) < 4.78 is 13.2. The SMILES string of the molecule is CCCC(N)CCCc1ccccc1F. The van der Waals surface area contributed by atoms with E-state index in [1.807, 2.05) is 12.1 Å². The third-order valence-electron chi connectivity index (χ3n) is 2.64. The van der Waals surface area contributed by atoms with Crippen LogP contribution < -0.4 is 5.73 Å². The normalized spacial score (nSPS) is 12.7. The van der Waals surface area contributed by atoms with Crippen LogP contribution in [0.25, 0.3) is 0 Å². The average molecular weight is 209 g/mol. The molecule has 0 saturated carbocycles. The Kier molecular flexibility index (Phi) is 5.33. The van der Waals surface area contributed by atoms with Crippen LogP contribution in [0, 0.1) is 5.82 Å². The van der Waals surface area contributed by atoms with E-state index in [2.05, 4.69) is 6.92 Å². The summed E-state index contributed by atoms with van der Waals surface area (Å²) in [5, 5.41) is 0. The van der Waals surface area contributed by atoms with Crippen LogP contribution >= 0.6 is 0 Å². The zero-order chi connectivity index (χ0) is 11.1. The predicted octanol–water partition coefficient (Wildman–Crippen LogP) is 3.28. The summed E-state index contributed by atoms with van der Waals surface area (Å²) in [6.07, 6.45) is 4.95. The fraction of sp³-hybridized carbons (Fsp3) is 0.538. The van der Waals surface area contributed by atoms with Gasteiger partial charge >= 0.3 is 0 Å². The van der Waals surface area contributed by atoms with Gasteiger partial charge in [0.15, 0.2) is 0 Å². The molecular formula is C13H20FN. The molecule has 2 heteroatoms. The molecule has 0 radical (unpaired) electrons. The molecule has 0 amide bonds. The van der Waals surface area contributed by atoms with Crippen molar-refractivity contribution in [3.63, 3.8) is 0 Å². The maximum Gasteiger partial charge on any atom is 0.126 e. The maximum absolute atomic E-state index is 13.2. The van der Waals surface area contributed by atoms with Crippen LogP contribution in [-0.2, 0) is 6.42 Å². The molecule has 1 atom stereocenters. The molecule has 0 aliphatic rings. The minimum Gasteiger partial charge on any atom is -0.328 e. The third-order valence-corrected chi connectivity index (χ3v) is 2.64. The molecule has 0 aliphatic carbocycles. The number of aryl methyl sites for hydroxylation is 1. The minimum atomic E-state index is -0.0958. The summed E-state index contributed by atoms with van der Waals surface area (Å²) in [6.45, 7) is 2.14. The lowest BCUT2D eigenvalue weighted by Crippen LogP contribution is -2.19. The first-order valence-corrected chi connectivity index (χ1v) is 5.73. The molecule has 1 aromatic rings. The van der Waals surface area contributed by atoms with E-state index in [9.17, 15) is 4.39 Å². The standard InChI is InChI=1S/C13H20FN/c1-2-6-12(15)9-5-8-11-7-3-4-10-13(11)14/h3-4,7,10,12H,2,5-6,8-9,15H2,1H3. The highest BCUT2D eigenvalue weighted by molar-refractivity contribution is 5.17. The Morgan fingerprint density at radius 1 is 1.27 bits per heavy atom. The van der Waals surface area contributed by atoms with Crippen LogP contribution in [0.4, 0.5) is 4.39 Å². The Morgan fingerprint density at radius 2 is 2.00 bits per heavy atom. The molecule has 1 rings (SSSR count). The Labute approximate surface area is 91.5 Å². The smallest absolute Gasteiger partial charge is 0.126 e. The van der Waals surface area contributed by atoms with Crippen molar-refractivity contribution in [1.29, 1.82) is 0 Å². The molecule has 84 valence electrons. The number of benzene rings is 1. The van der Waals surface area contributed by atoms with Crippen molar-refractivity contribution >= 4 is 0 Å². The number of nitrogens with two attached hydrogens (primary N) is 1. The lowest BCUT2D eigenvalue weighted by molar-refractivity contribution is 0.531. The monoisotopic (exact) mass is 209 g/mol. The van der Waals surface area contributed by atoms with E-state index >= 15 is 0 Å². The first-order chi connectivity index (χ1) is 7.24. The van der Waals surface area contributed by atoms with E-state index in [0.717, 1.165) is 37.7 Å². The second-order valence-electron chi connectivity index (χ2n) is 4.03. The lowest BCUT2D eigenvalue weighted by Gasteiger charge is -2.09. The first kappa shape index (κ1) is 12.2. The number of rotatable bonds is 6. The predicted molar refractivity (Wildman–Crippen MR) is 62.2 cm³/mol. The van der Waals surface area contributed by atoms with Crippen molar-refractivity contribution in [3.05, 3.63) is 35.6 Å². The topological polar surface area (TPSA) is 26.0 Å². The van der Waals surface area contributed by atoms with Crippen molar-refractivity contribution in [2.24, 2.45) is 5.73 Å². The average Bonchev–Trinajstić information content (AvgIpc) is 2.21. The van der Waals surface area contributed by atoms with Gasteiger partial charge in [-0.3, -0.25) is 0 Å². The fourth-order valence-electron chi connectivity index (χ4n) is 1.77. The molecule has 0 bridgehead atoms. The van der Waals surface area contributed by atoms with Gasteiger partial charge in [0.1, 0.15) is 5.82 Å². The van der Waals surface area contributed by atoms with E-state index in [1.165, 1.54) is 6.07 Å². The van der Waals surface area contributed by atoms with E-state index in [0.29, 0.717) is 0 Å². The second-order valence-corrected chi connectivity index (χ2v) is 4.03. The van der Waals surface area contributed by atoms with Gasteiger partial charge in [0.25, 0.3) is 0 Å². The van der Waals surface area contributed by atoms with Crippen molar-refractivity contribution in [2.75, 3.05) is 0 Å². The molecular weight excluding hydrogens is 189 g/mol. The zero-order valence-electron chi connectivity index (χ0n) is 9.38. The van der Waals surface area contributed by atoms with Gasteiger partial charge in [0.2, 0.25) is 0 Å². The summed E-state index contributed by atoms with van der Waals surface area (Å²) in [5.74, 6) is -0.0958. The van der Waals surface area contributed by atoms with Gasteiger partial charge in [-0.25, -0.2) is 4.39 Å². The highest BCUT2D eigenvalue weighted by atomic mass is 19.1. The molecule has 2 N–H and O–H groups in total. The molecule has 0 spiro atoms. The van der Waals surface area contributed by atoms with Gasteiger partial charge in [0, 0.05) is 6.04 Å². The second kappa shape index (κ2) is 6.57. The third kappa shape index (κ3) is 4.43. The Balaban J connectivity index is 2.29. The fourth-order valence-corrected chi connectivity index (χ4v) is 1.77. The van der Waals surface area contributed by atoms with Crippen molar-refractivity contribution in [3.8, 4) is 0 Å². The van der Waals surface area contributed by atoms with Crippen LogP contribution in [0.3, 0.4) is 0 Å². The molecule has 0 aromatic heterocycles. The molecule has 0 saturated heterocycles. The lowest BCUT2D eigenvalue weighted by atomic mass is 10.0. The summed E-state index contributed by atoms with van der Waals surface area (Å²) in [7, 11) is 0. The van der Waals surface area contributed by atoms with Crippen molar-refractivity contribution in [1.82, 2.24) is 0 Å². The molecule has 15 heavy (non-hydrogen) atoms. The summed E-state index contributed by atoms with van der Waals surface area (Å²) in [6, 6.07) is 7.25. The van der Waals surface area contributed by atoms with Crippen LogP contribution in [0.5, 0.6) is 0 Å². The first-order valence-electron chi connectivity index (χ1n) is 5.73. The van der Waals surface area contributed by atoms with E-state index in [-0.39, 0.29) is 11.9 Å². The summed E-state index contributed by atoms with van der Waals surface area (Å²) >= 11 is 0. The minimum absolute atomic E-state index is 0.0958. The van der Waals surface area contributed by atoms with Crippen LogP contribution in [-0.4, -0.2) is 6.04 Å². The van der Waals surface area contributed by atoms with Crippen LogP contribution in [0.1, 0.15) is 38.2 Å². The van der Waals surface area contributed by atoms with Crippen LogP contribution in [0.2, 0.25) is 0 Å². The van der Waals surface area contributed by atoms with Gasteiger partial charge in [-0.2, -0.15) is 0 Å². The molecule has 1 nitrogen and oxygen atoms in total. The molecule has 0 heterocycles. The Morgan fingerprint density at radius 3 is 2.67 bits per heavy atom. The summed E-state index contributed by atoms with van der Waals surface area (Å²) in [4.78, 5) is 0. The zero-order valence-corrected chi connectivity index (χ0v) is 9.38. The highest BCUT2D eigenvalue weighted by Gasteiger charge is 2.03. The number of halogens is 1. The quantitative estimate of drug-likeness (QED) is 0.764. The van der Waals surface area contributed by atoms with Crippen LogP contribution in [0.15, 0.2) is 24.3 Å². The molecule has 0 aliphatic heterocycles. The largest absolute Gasteiger partial charge is 0.328 e. The Bertz CT molecular complexity index is 286. The summed E-state index contributed by atoms with van der Waals surface area (Å²) in [5.41, 5.74) is 6.70. The van der Waals surface area contributed by atoms with Gasteiger partial charge in [0.05, 0.1) is 0 Å². The molecule has 1 unspecified atom stereocenters. The molecule has 1 aromatic carbocycles. The van der Waals surface area contributed by atoms with E-state index < -0.39 is 0 Å². The number of hydrogen-bond acceptors (Lipinski definition) is 1. The highest BCUT2D eigenvalue weighted by Crippen LogP contribution is 2.11. The number of hydrogen-bond donors (Lipinski definition) is 1. The molecule has 0 fully saturated rings.